The molecule has 7 unspecified atom stereocenters. The lowest BCUT2D eigenvalue weighted by atomic mass is 9.68. The van der Waals surface area contributed by atoms with E-state index in [1.54, 1.807) is 7.11 Å². The fraction of sp³-hybridized carbons (Fsp3) is 0.864. The average molecular weight is 430 g/mol. The summed E-state index contributed by atoms with van der Waals surface area (Å²) in [6.45, 7) is 6.35. The molecule has 2 saturated carbocycles. The number of carbonyl (C=O) groups excluding carboxylic acids is 1. The number of hydrogen-bond acceptors (Lipinski definition) is 6. The third-order valence-corrected chi connectivity index (χ3v) is 7.31. The van der Waals surface area contributed by atoms with Crippen molar-refractivity contribution in [2.24, 2.45) is 11.8 Å². The van der Waals surface area contributed by atoms with Crippen LogP contribution in [-0.2, 0) is 19.0 Å². The molecule has 3 fully saturated rings. The second kappa shape index (κ2) is 9.65. The molecule has 0 aromatic rings. The molecule has 7 atom stereocenters. The molecule has 2 aliphatic carbocycles. The quantitative estimate of drug-likeness (QED) is 0.253. The summed E-state index contributed by atoms with van der Waals surface area (Å²) in [7, 11) is 1.55. The first-order valence-electron chi connectivity index (χ1n) is 10.8. The Labute approximate surface area is 179 Å². The summed E-state index contributed by atoms with van der Waals surface area (Å²) in [6.07, 6.45) is 6.57. The van der Waals surface area contributed by atoms with E-state index >= 15 is 0 Å². The number of alkyl halides is 1. The fourth-order valence-corrected chi connectivity index (χ4v) is 5.15. The average Bonchev–Trinajstić information content (AvgIpc) is 3.30. The molecule has 2 N–H and O–H groups in total. The number of ether oxygens (including phenoxy) is 3. The number of aliphatic hydroxyl groups excluding tert-OH is 1. The SMILES string of the molecule is COC(Cl)C1C(OC(=O)CNC2CCC2)CCC(O)C1C1(C)OC1CC=C(C)C. The largest absolute Gasteiger partial charge is 0.461 e. The van der Waals surface area contributed by atoms with Gasteiger partial charge in [-0.3, -0.25) is 4.79 Å². The van der Waals surface area contributed by atoms with Gasteiger partial charge < -0.3 is 24.6 Å². The van der Waals surface area contributed by atoms with Crippen LogP contribution >= 0.6 is 11.6 Å². The summed E-state index contributed by atoms with van der Waals surface area (Å²) < 4.78 is 17.3. The Morgan fingerprint density at radius 2 is 2.07 bits per heavy atom. The highest BCUT2D eigenvalue weighted by Crippen LogP contribution is 2.54. The number of hydrogen-bond donors (Lipinski definition) is 2. The molecule has 1 heterocycles. The molecule has 0 amide bonds. The van der Waals surface area contributed by atoms with E-state index in [1.807, 2.05) is 6.92 Å². The van der Waals surface area contributed by atoms with E-state index < -0.39 is 23.4 Å². The van der Waals surface area contributed by atoms with Gasteiger partial charge in [0, 0.05) is 25.0 Å². The van der Waals surface area contributed by atoms with Gasteiger partial charge in [-0.05, 0) is 52.9 Å². The summed E-state index contributed by atoms with van der Waals surface area (Å²) in [5, 5.41) is 14.1. The lowest BCUT2D eigenvalue weighted by molar-refractivity contribution is -0.166. The number of esters is 1. The molecule has 0 aromatic carbocycles. The van der Waals surface area contributed by atoms with Crippen molar-refractivity contribution in [2.75, 3.05) is 13.7 Å². The third-order valence-electron chi connectivity index (χ3n) is 6.84. The molecule has 1 aliphatic heterocycles. The van der Waals surface area contributed by atoms with Gasteiger partial charge >= 0.3 is 5.97 Å². The lowest BCUT2D eigenvalue weighted by Gasteiger charge is -2.44. The Balaban J connectivity index is 1.69. The van der Waals surface area contributed by atoms with Crippen LogP contribution < -0.4 is 5.32 Å². The van der Waals surface area contributed by atoms with Crippen molar-refractivity contribution in [1.29, 1.82) is 0 Å². The number of allylic oxidation sites excluding steroid dienone is 1. The summed E-state index contributed by atoms with van der Waals surface area (Å²) in [4.78, 5) is 12.4. The van der Waals surface area contributed by atoms with Crippen LogP contribution in [0.3, 0.4) is 0 Å². The topological polar surface area (TPSA) is 80.3 Å². The highest BCUT2D eigenvalue weighted by molar-refractivity contribution is 6.20. The van der Waals surface area contributed by atoms with Gasteiger partial charge in [-0.15, -0.1) is 0 Å². The smallest absolute Gasteiger partial charge is 0.320 e. The first-order valence-corrected chi connectivity index (χ1v) is 11.3. The van der Waals surface area contributed by atoms with E-state index in [-0.39, 0.29) is 30.5 Å². The molecule has 0 bridgehead atoms. The fourth-order valence-electron chi connectivity index (χ4n) is 4.83. The molecule has 3 rings (SSSR count). The molecule has 0 radical (unpaired) electrons. The van der Waals surface area contributed by atoms with Crippen molar-refractivity contribution in [2.45, 2.75) is 94.8 Å². The van der Waals surface area contributed by atoms with Gasteiger partial charge in [-0.2, -0.15) is 0 Å². The minimum absolute atomic E-state index is 0.0232. The van der Waals surface area contributed by atoms with Crippen LogP contribution in [0.5, 0.6) is 0 Å². The number of methoxy groups -OCH3 is 1. The molecular weight excluding hydrogens is 394 g/mol. The van der Waals surface area contributed by atoms with E-state index in [4.69, 9.17) is 25.8 Å². The van der Waals surface area contributed by atoms with Crippen molar-refractivity contribution < 1.29 is 24.1 Å². The second-order valence-electron chi connectivity index (χ2n) is 9.18. The molecule has 29 heavy (non-hydrogen) atoms. The van der Waals surface area contributed by atoms with Gasteiger partial charge in [0.05, 0.1) is 24.4 Å². The van der Waals surface area contributed by atoms with Gasteiger partial charge in [-0.25, -0.2) is 0 Å². The first kappa shape index (κ1) is 23.0. The molecule has 0 spiro atoms. The van der Waals surface area contributed by atoms with Crippen LogP contribution in [0.4, 0.5) is 0 Å². The summed E-state index contributed by atoms with van der Waals surface area (Å²) in [5.74, 6) is -0.864. The maximum absolute atomic E-state index is 12.4. The zero-order valence-corrected chi connectivity index (χ0v) is 18.8. The molecule has 6 nitrogen and oxygen atoms in total. The minimum atomic E-state index is -0.669. The van der Waals surface area contributed by atoms with Gasteiger partial charge in [0.15, 0.2) is 0 Å². The molecule has 166 valence electrons. The van der Waals surface area contributed by atoms with E-state index in [1.165, 1.54) is 12.0 Å². The van der Waals surface area contributed by atoms with Crippen LogP contribution in [0.25, 0.3) is 0 Å². The number of halogens is 1. The summed E-state index contributed by atoms with van der Waals surface area (Å²) in [6, 6.07) is 0.425. The van der Waals surface area contributed by atoms with E-state index in [0.717, 1.165) is 19.3 Å². The second-order valence-corrected chi connectivity index (χ2v) is 9.61. The van der Waals surface area contributed by atoms with Gasteiger partial charge in [0.1, 0.15) is 11.7 Å². The Kier molecular flexibility index (Phi) is 7.66. The van der Waals surface area contributed by atoms with Crippen molar-refractivity contribution in [1.82, 2.24) is 5.32 Å². The predicted molar refractivity (Wildman–Crippen MR) is 112 cm³/mol. The van der Waals surface area contributed by atoms with Gasteiger partial charge in [0.25, 0.3) is 0 Å². The maximum atomic E-state index is 12.4. The normalized spacial score (nSPS) is 38.1. The minimum Gasteiger partial charge on any atom is -0.461 e. The van der Waals surface area contributed by atoms with Crippen LogP contribution in [0.2, 0.25) is 0 Å². The van der Waals surface area contributed by atoms with Crippen molar-refractivity contribution >= 4 is 17.6 Å². The maximum Gasteiger partial charge on any atom is 0.320 e. The monoisotopic (exact) mass is 429 g/mol. The van der Waals surface area contributed by atoms with Crippen molar-refractivity contribution in [3.05, 3.63) is 11.6 Å². The van der Waals surface area contributed by atoms with Gasteiger partial charge in [0.2, 0.25) is 0 Å². The highest BCUT2D eigenvalue weighted by Gasteiger charge is 2.64. The van der Waals surface area contributed by atoms with Crippen LogP contribution in [-0.4, -0.2) is 60.2 Å². The number of rotatable bonds is 9. The van der Waals surface area contributed by atoms with E-state index in [9.17, 15) is 9.90 Å². The Hall–Kier alpha value is -0.660. The highest BCUT2D eigenvalue weighted by atomic mass is 35.5. The van der Waals surface area contributed by atoms with Crippen molar-refractivity contribution in [3.63, 3.8) is 0 Å². The number of aliphatic hydroxyl groups is 1. The first-order chi connectivity index (χ1) is 13.8. The zero-order chi connectivity index (χ0) is 21.2. The number of carbonyl (C=O) groups is 1. The standard InChI is InChI=1S/C22H36ClNO5/c1-13(2)8-11-17-22(3,29-17)20-15(25)9-10-16(19(20)21(23)27-4)28-18(26)12-24-14-6-5-7-14/h8,14-17,19-21,24-25H,5-7,9-12H2,1-4H3. The molecule has 0 aromatic heterocycles. The Morgan fingerprint density at radius 3 is 2.66 bits per heavy atom. The number of nitrogens with one attached hydrogen (secondary N) is 1. The van der Waals surface area contributed by atoms with Gasteiger partial charge in [-0.1, -0.05) is 29.7 Å². The lowest BCUT2D eigenvalue weighted by Crippen LogP contribution is -2.53. The molecule has 7 heteroatoms. The third kappa shape index (κ3) is 5.34. The summed E-state index contributed by atoms with van der Waals surface area (Å²) >= 11 is 6.54. The van der Waals surface area contributed by atoms with E-state index in [2.05, 4.69) is 25.2 Å². The molecule has 3 aliphatic rings. The van der Waals surface area contributed by atoms with Crippen LogP contribution in [0.1, 0.15) is 59.3 Å². The molecular formula is C22H36ClNO5. The predicted octanol–water partition coefficient (Wildman–Crippen LogP) is 3.15. The molecule has 1 saturated heterocycles. The van der Waals surface area contributed by atoms with Crippen molar-refractivity contribution in [3.8, 4) is 0 Å². The van der Waals surface area contributed by atoms with E-state index in [0.29, 0.717) is 18.9 Å². The number of epoxide rings is 1. The Bertz CT molecular complexity index is 606. The summed E-state index contributed by atoms with van der Waals surface area (Å²) in [5.41, 5.74) is 0.0655. The zero-order valence-electron chi connectivity index (χ0n) is 18.0. The van der Waals surface area contributed by atoms with Crippen LogP contribution in [0, 0.1) is 11.8 Å². The Morgan fingerprint density at radius 1 is 1.34 bits per heavy atom. The van der Waals surface area contributed by atoms with Crippen LogP contribution in [0.15, 0.2) is 11.6 Å².